The molecule has 0 amide bonds. The maximum Gasteiger partial charge on any atom is 0.0482 e. The van der Waals surface area contributed by atoms with Gasteiger partial charge < -0.3 is 5.32 Å². The third kappa shape index (κ3) is 2.86. The van der Waals surface area contributed by atoms with Gasteiger partial charge in [-0.15, -0.1) is 0 Å². The summed E-state index contributed by atoms with van der Waals surface area (Å²) < 4.78 is 0. The maximum atomic E-state index is 4.65. The molecule has 0 saturated heterocycles. The Hall–Kier alpha value is -1.67. The van der Waals surface area contributed by atoms with Gasteiger partial charge in [-0.3, -0.25) is 4.98 Å². The predicted molar refractivity (Wildman–Crippen MR) is 87.8 cm³/mol. The van der Waals surface area contributed by atoms with Gasteiger partial charge in [0, 0.05) is 23.9 Å². The molecule has 3 rings (SSSR count). The zero-order valence-electron chi connectivity index (χ0n) is 13.2. The molecular weight excluding hydrogens is 256 g/mol. The summed E-state index contributed by atoms with van der Waals surface area (Å²) in [6.45, 7) is 4.38. The van der Waals surface area contributed by atoms with Crippen molar-refractivity contribution in [3.8, 4) is 0 Å². The zero-order chi connectivity index (χ0) is 14.8. The van der Waals surface area contributed by atoms with Crippen LogP contribution in [0.5, 0.6) is 0 Å². The van der Waals surface area contributed by atoms with Crippen LogP contribution in [0.4, 0.5) is 0 Å². The van der Waals surface area contributed by atoms with Gasteiger partial charge >= 0.3 is 0 Å². The van der Waals surface area contributed by atoms with E-state index in [4.69, 9.17) is 0 Å². The highest BCUT2D eigenvalue weighted by Crippen LogP contribution is 2.35. The molecule has 2 aromatic rings. The number of nitrogens with zero attached hydrogens (tertiary/aromatic N) is 1. The van der Waals surface area contributed by atoms with Crippen LogP contribution < -0.4 is 5.32 Å². The lowest BCUT2D eigenvalue weighted by atomic mass is 9.89. The van der Waals surface area contributed by atoms with Crippen molar-refractivity contribution in [3.05, 3.63) is 64.5 Å². The van der Waals surface area contributed by atoms with Crippen molar-refractivity contribution in [1.29, 1.82) is 0 Å². The van der Waals surface area contributed by atoms with E-state index in [1.54, 1.807) is 0 Å². The number of aryl methyl sites for hydroxylation is 3. The molecule has 0 fully saturated rings. The largest absolute Gasteiger partial charge is 0.316 e. The molecule has 1 aliphatic rings. The first-order valence-corrected chi connectivity index (χ1v) is 7.86. The lowest BCUT2D eigenvalue weighted by Crippen LogP contribution is -2.34. The number of likely N-dealkylation sites (N-methyl/N-ethyl adjacent to an activating group) is 1. The van der Waals surface area contributed by atoms with Crippen molar-refractivity contribution >= 4 is 0 Å². The van der Waals surface area contributed by atoms with E-state index in [1.807, 2.05) is 6.20 Å². The number of aromatic nitrogens is 1. The molecular formula is C19H24N2. The minimum atomic E-state index is 0.460. The van der Waals surface area contributed by atoms with Crippen LogP contribution >= 0.6 is 0 Å². The molecule has 1 aromatic carbocycles. The minimum Gasteiger partial charge on any atom is -0.316 e. The van der Waals surface area contributed by atoms with Crippen molar-refractivity contribution in [2.75, 3.05) is 7.05 Å². The Morgan fingerprint density at radius 3 is 2.95 bits per heavy atom. The molecule has 1 aromatic heterocycles. The molecule has 110 valence electrons. The average Bonchev–Trinajstić information content (AvgIpc) is 2.92. The van der Waals surface area contributed by atoms with Gasteiger partial charge in [0.05, 0.1) is 0 Å². The van der Waals surface area contributed by atoms with Crippen LogP contribution in [-0.4, -0.2) is 18.1 Å². The first-order valence-electron chi connectivity index (χ1n) is 7.86. The van der Waals surface area contributed by atoms with E-state index >= 15 is 0 Å². The van der Waals surface area contributed by atoms with E-state index < -0.39 is 0 Å². The average molecular weight is 280 g/mol. The summed E-state index contributed by atoms with van der Waals surface area (Å²) >= 11 is 0. The minimum absolute atomic E-state index is 0.460. The molecule has 2 nitrogen and oxygen atoms in total. The molecule has 21 heavy (non-hydrogen) atoms. The fourth-order valence-electron chi connectivity index (χ4n) is 3.54. The number of hydrogen-bond acceptors (Lipinski definition) is 2. The van der Waals surface area contributed by atoms with Gasteiger partial charge in [-0.25, -0.2) is 0 Å². The van der Waals surface area contributed by atoms with E-state index in [9.17, 15) is 0 Å². The summed E-state index contributed by atoms with van der Waals surface area (Å²) in [6.07, 6.45) is 5.38. The van der Waals surface area contributed by atoms with Gasteiger partial charge in [0.2, 0.25) is 0 Å². The highest BCUT2D eigenvalue weighted by Gasteiger charge is 2.30. The number of fused-ring (bicyclic) bond motifs is 1. The van der Waals surface area contributed by atoms with Crippen LogP contribution in [0.25, 0.3) is 0 Å². The fraction of sp³-hybridized carbons (Fsp3) is 0.421. The molecule has 2 heteroatoms. The third-order valence-electron chi connectivity index (χ3n) is 4.80. The summed E-state index contributed by atoms with van der Waals surface area (Å²) in [6, 6.07) is 11.5. The topological polar surface area (TPSA) is 24.9 Å². The molecule has 0 radical (unpaired) electrons. The first-order chi connectivity index (χ1) is 10.2. The second-order valence-electron chi connectivity index (χ2n) is 6.22. The summed E-state index contributed by atoms with van der Waals surface area (Å²) in [5.74, 6) is 0.533. The molecule has 1 aliphatic carbocycles. The molecule has 0 bridgehead atoms. The smallest absolute Gasteiger partial charge is 0.0482 e. The van der Waals surface area contributed by atoms with Gasteiger partial charge in [-0.05, 0) is 62.9 Å². The fourth-order valence-corrected chi connectivity index (χ4v) is 3.54. The highest BCUT2D eigenvalue weighted by molar-refractivity contribution is 5.34. The summed E-state index contributed by atoms with van der Waals surface area (Å²) in [5.41, 5.74) is 6.93. The molecule has 1 heterocycles. The van der Waals surface area contributed by atoms with E-state index in [1.165, 1.54) is 40.8 Å². The van der Waals surface area contributed by atoms with E-state index in [2.05, 4.69) is 61.5 Å². The summed E-state index contributed by atoms with van der Waals surface area (Å²) in [7, 11) is 2.08. The van der Waals surface area contributed by atoms with Gasteiger partial charge in [0.25, 0.3) is 0 Å². The standard InChI is InChI=1S/C19H24N2/c1-13-6-7-14(2)16(11-13)12-18(20-3)17-9-8-15-5-4-10-21-19(15)17/h4-7,10-11,17-18,20H,8-9,12H2,1-3H3. The van der Waals surface area contributed by atoms with Crippen LogP contribution in [0.2, 0.25) is 0 Å². The monoisotopic (exact) mass is 280 g/mol. The lowest BCUT2D eigenvalue weighted by molar-refractivity contribution is 0.449. The van der Waals surface area contributed by atoms with E-state index in [0.717, 1.165) is 6.42 Å². The van der Waals surface area contributed by atoms with Crippen LogP contribution in [0.1, 0.15) is 40.3 Å². The Balaban J connectivity index is 1.85. The molecule has 0 spiro atoms. The summed E-state index contributed by atoms with van der Waals surface area (Å²) in [4.78, 5) is 4.65. The number of hydrogen-bond donors (Lipinski definition) is 1. The Bertz CT molecular complexity index is 633. The van der Waals surface area contributed by atoms with Crippen molar-refractivity contribution < 1.29 is 0 Å². The molecule has 0 saturated carbocycles. The van der Waals surface area contributed by atoms with E-state index in [-0.39, 0.29) is 0 Å². The second-order valence-corrected chi connectivity index (χ2v) is 6.22. The molecule has 2 unspecified atom stereocenters. The molecule has 2 atom stereocenters. The van der Waals surface area contributed by atoms with Crippen molar-refractivity contribution in [3.63, 3.8) is 0 Å². The Kier molecular flexibility index (Phi) is 4.07. The highest BCUT2D eigenvalue weighted by atomic mass is 14.9. The first kappa shape index (κ1) is 14.3. The Morgan fingerprint density at radius 1 is 1.29 bits per heavy atom. The molecule has 0 aliphatic heterocycles. The number of benzene rings is 1. The Morgan fingerprint density at radius 2 is 2.14 bits per heavy atom. The predicted octanol–water partition coefficient (Wildman–Crippen LogP) is 3.56. The maximum absolute atomic E-state index is 4.65. The van der Waals surface area contributed by atoms with Crippen LogP contribution in [0.15, 0.2) is 36.5 Å². The molecule has 1 N–H and O–H groups in total. The van der Waals surface area contributed by atoms with Gasteiger partial charge in [0.15, 0.2) is 0 Å². The number of nitrogens with one attached hydrogen (secondary N) is 1. The van der Waals surface area contributed by atoms with Crippen molar-refractivity contribution in [2.24, 2.45) is 0 Å². The lowest BCUT2D eigenvalue weighted by Gasteiger charge is -2.24. The third-order valence-corrected chi connectivity index (χ3v) is 4.80. The van der Waals surface area contributed by atoms with E-state index in [0.29, 0.717) is 12.0 Å². The van der Waals surface area contributed by atoms with Crippen molar-refractivity contribution in [1.82, 2.24) is 10.3 Å². The summed E-state index contributed by atoms with van der Waals surface area (Å²) in [5, 5.41) is 3.54. The van der Waals surface area contributed by atoms with Crippen molar-refractivity contribution in [2.45, 2.75) is 45.1 Å². The quantitative estimate of drug-likeness (QED) is 0.926. The number of pyridine rings is 1. The van der Waals surface area contributed by atoms with Gasteiger partial charge in [-0.2, -0.15) is 0 Å². The van der Waals surface area contributed by atoms with Crippen LogP contribution in [-0.2, 0) is 12.8 Å². The van der Waals surface area contributed by atoms with Gasteiger partial charge in [0.1, 0.15) is 0 Å². The van der Waals surface area contributed by atoms with Crippen LogP contribution in [0, 0.1) is 13.8 Å². The number of rotatable bonds is 4. The van der Waals surface area contributed by atoms with Crippen LogP contribution in [0.3, 0.4) is 0 Å². The zero-order valence-corrected chi connectivity index (χ0v) is 13.2. The Labute approximate surface area is 127 Å². The van der Waals surface area contributed by atoms with Gasteiger partial charge in [-0.1, -0.05) is 29.8 Å². The SMILES string of the molecule is CNC(Cc1cc(C)ccc1C)C1CCc2cccnc21. The second kappa shape index (κ2) is 5.98. The normalized spacial score (nSPS) is 18.5.